The van der Waals surface area contributed by atoms with Crippen LogP contribution >= 0.6 is 0 Å². The predicted octanol–water partition coefficient (Wildman–Crippen LogP) is 1.13. The lowest BCUT2D eigenvalue weighted by atomic mass is 10.2. The molecule has 0 bridgehead atoms. The van der Waals surface area contributed by atoms with E-state index in [1.807, 2.05) is 0 Å². The summed E-state index contributed by atoms with van der Waals surface area (Å²) in [6.07, 6.45) is 3.43. The van der Waals surface area contributed by atoms with E-state index >= 15 is 0 Å². The van der Waals surface area contributed by atoms with Crippen LogP contribution in [0.5, 0.6) is 0 Å². The highest BCUT2D eigenvalue weighted by Gasteiger charge is 2.27. The Labute approximate surface area is 115 Å². The third-order valence-electron chi connectivity index (χ3n) is 3.29. The molecule has 0 atom stereocenters. The molecule has 1 amide bonds. The first-order chi connectivity index (χ1) is 9.47. The lowest BCUT2D eigenvalue weighted by molar-refractivity contribution is 0.0989. The standard InChI is InChI=1S/C13H12N2O4S/c14-20(17,18)11-1-2-12-9(7-11)3-5-15(12)13(16)10-4-6-19-8-10/h1-2,4,6-8H,3,5H2,(H2,14,17,18). The molecule has 6 nitrogen and oxygen atoms in total. The largest absolute Gasteiger partial charge is 0.472 e. The normalized spacial score (nSPS) is 14.3. The van der Waals surface area contributed by atoms with Gasteiger partial charge in [-0.15, -0.1) is 0 Å². The number of primary sulfonamides is 1. The van der Waals surface area contributed by atoms with Gasteiger partial charge in [0.15, 0.2) is 0 Å². The maximum Gasteiger partial charge on any atom is 0.261 e. The highest BCUT2D eigenvalue weighted by Crippen LogP contribution is 2.31. The Hall–Kier alpha value is -2.12. The van der Waals surface area contributed by atoms with Gasteiger partial charge in [0.1, 0.15) is 6.26 Å². The number of anilines is 1. The molecule has 0 unspecified atom stereocenters. The predicted molar refractivity (Wildman–Crippen MR) is 71.9 cm³/mol. The van der Waals surface area contributed by atoms with E-state index < -0.39 is 10.0 Å². The number of sulfonamides is 1. The molecule has 0 aliphatic carbocycles. The molecule has 2 aromatic rings. The average molecular weight is 292 g/mol. The van der Waals surface area contributed by atoms with E-state index in [0.717, 1.165) is 5.56 Å². The van der Waals surface area contributed by atoms with Crippen LogP contribution in [0, 0.1) is 0 Å². The summed E-state index contributed by atoms with van der Waals surface area (Å²) in [6.45, 7) is 0.507. The van der Waals surface area contributed by atoms with Gasteiger partial charge in [0, 0.05) is 12.2 Å². The number of furan rings is 1. The van der Waals surface area contributed by atoms with Crippen LogP contribution in [0.25, 0.3) is 0 Å². The van der Waals surface area contributed by atoms with Gasteiger partial charge in [-0.2, -0.15) is 0 Å². The number of nitrogens with zero attached hydrogens (tertiary/aromatic N) is 1. The first-order valence-corrected chi connectivity index (χ1v) is 7.51. The lowest BCUT2D eigenvalue weighted by Gasteiger charge is -2.16. The lowest BCUT2D eigenvalue weighted by Crippen LogP contribution is -2.28. The number of benzene rings is 1. The summed E-state index contributed by atoms with van der Waals surface area (Å²) in [6, 6.07) is 6.14. The van der Waals surface area contributed by atoms with Crippen LogP contribution in [0.15, 0.2) is 46.1 Å². The molecule has 104 valence electrons. The van der Waals surface area contributed by atoms with Crippen LogP contribution in [-0.2, 0) is 16.4 Å². The molecule has 1 aromatic heterocycles. The Bertz CT molecular complexity index is 766. The quantitative estimate of drug-likeness (QED) is 0.897. The van der Waals surface area contributed by atoms with Gasteiger partial charge in [-0.3, -0.25) is 4.79 Å². The van der Waals surface area contributed by atoms with Crippen molar-refractivity contribution in [3.05, 3.63) is 47.9 Å². The molecule has 0 fully saturated rings. The summed E-state index contributed by atoms with van der Waals surface area (Å²) in [7, 11) is -3.72. The third kappa shape index (κ3) is 2.10. The number of carbonyl (C=O) groups excluding carboxylic acids is 1. The van der Waals surface area contributed by atoms with Gasteiger partial charge < -0.3 is 9.32 Å². The first kappa shape index (κ1) is 12.9. The van der Waals surface area contributed by atoms with Gasteiger partial charge in [-0.1, -0.05) is 0 Å². The summed E-state index contributed by atoms with van der Waals surface area (Å²) >= 11 is 0. The van der Waals surface area contributed by atoms with E-state index in [1.54, 1.807) is 17.0 Å². The molecule has 0 spiro atoms. The maximum absolute atomic E-state index is 12.3. The van der Waals surface area contributed by atoms with Crippen molar-refractivity contribution in [2.45, 2.75) is 11.3 Å². The van der Waals surface area contributed by atoms with Gasteiger partial charge in [0.25, 0.3) is 5.91 Å². The van der Waals surface area contributed by atoms with Crippen molar-refractivity contribution < 1.29 is 17.6 Å². The fourth-order valence-electron chi connectivity index (χ4n) is 2.31. The van der Waals surface area contributed by atoms with E-state index in [0.29, 0.717) is 24.2 Å². The topological polar surface area (TPSA) is 93.6 Å². The minimum absolute atomic E-state index is 0.0638. The van der Waals surface area contributed by atoms with Crippen LogP contribution in [0.2, 0.25) is 0 Å². The number of amides is 1. The van der Waals surface area contributed by atoms with Gasteiger partial charge in [-0.25, -0.2) is 13.6 Å². The number of nitrogens with two attached hydrogens (primary N) is 1. The molecule has 1 aliphatic rings. The Balaban J connectivity index is 1.98. The third-order valence-corrected chi connectivity index (χ3v) is 4.20. The number of hydrogen-bond acceptors (Lipinski definition) is 4. The van der Waals surface area contributed by atoms with Crippen LogP contribution in [0.1, 0.15) is 15.9 Å². The highest BCUT2D eigenvalue weighted by molar-refractivity contribution is 7.89. The van der Waals surface area contributed by atoms with E-state index in [-0.39, 0.29) is 10.8 Å². The average Bonchev–Trinajstić information content (AvgIpc) is 3.06. The Morgan fingerprint density at radius 2 is 2.10 bits per heavy atom. The van der Waals surface area contributed by atoms with E-state index in [4.69, 9.17) is 9.56 Å². The second-order valence-electron chi connectivity index (χ2n) is 4.55. The summed E-state index contributed by atoms with van der Waals surface area (Å²) in [5.41, 5.74) is 1.98. The molecule has 1 aromatic carbocycles. The summed E-state index contributed by atoms with van der Waals surface area (Å²) < 4.78 is 27.5. The summed E-state index contributed by atoms with van der Waals surface area (Å²) in [5, 5.41) is 5.10. The van der Waals surface area contributed by atoms with Crippen molar-refractivity contribution in [1.82, 2.24) is 0 Å². The zero-order chi connectivity index (χ0) is 14.3. The van der Waals surface area contributed by atoms with E-state index in [2.05, 4.69) is 0 Å². The smallest absolute Gasteiger partial charge is 0.261 e. The minimum atomic E-state index is -3.72. The molecule has 7 heteroatoms. The maximum atomic E-state index is 12.3. The first-order valence-electron chi connectivity index (χ1n) is 5.96. The van der Waals surface area contributed by atoms with Crippen molar-refractivity contribution in [3.63, 3.8) is 0 Å². The molecule has 20 heavy (non-hydrogen) atoms. The highest BCUT2D eigenvalue weighted by atomic mass is 32.2. The van der Waals surface area contributed by atoms with Crippen molar-refractivity contribution in [1.29, 1.82) is 0 Å². The molecule has 0 saturated heterocycles. The zero-order valence-electron chi connectivity index (χ0n) is 10.4. The Morgan fingerprint density at radius 1 is 1.30 bits per heavy atom. The molecular weight excluding hydrogens is 280 g/mol. The van der Waals surface area contributed by atoms with Crippen molar-refractivity contribution in [2.24, 2.45) is 5.14 Å². The molecule has 0 saturated carbocycles. The molecule has 0 radical (unpaired) electrons. The Kier molecular flexibility index (Phi) is 2.88. The van der Waals surface area contributed by atoms with Gasteiger partial charge in [-0.05, 0) is 36.2 Å². The van der Waals surface area contributed by atoms with Crippen molar-refractivity contribution >= 4 is 21.6 Å². The SMILES string of the molecule is NS(=O)(=O)c1ccc2c(c1)CCN2C(=O)c1ccoc1. The monoisotopic (exact) mass is 292 g/mol. The van der Waals surface area contributed by atoms with Crippen LogP contribution < -0.4 is 10.0 Å². The minimum Gasteiger partial charge on any atom is -0.472 e. The Morgan fingerprint density at radius 3 is 2.75 bits per heavy atom. The van der Waals surface area contributed by atoms with Crippen LogP contribution in [0.3, 0.4) is 0 Å². The second-order valence-corrected chi connectivity index (χ2v) is 6.12. The van der Waals surface area contributed by atoms with Gasteiger partial charge >= 0.3 is 0 Å². The van der Waals surface area contributed by atoms with E-state index in [1.165, 1.54) is 24.7 Å². The molecule has 3 rings (SSSR count). The van der Waals surface area contributed by atoms with Gasteiger partial charge in [0.2, 0.25) is 10.0 Å². The number of carbonyl (C=O) groups is 1. The molecular formula is C13H12N2O4S. The molecule has 2 heterocycles. The molecule has 1 aliphatic heterocycles. The number of fused-ring (bicyclic) bond motifs is 1. The molecule has 2 N–H and O–H groups in total. The summed E-state index contributed by atoms with van der Waals surface area (Å²) in [4.78, 5) is 13.9. The van der Waals surface area contributed by atoms with Crippen molar-refractivity contribution in [2.75, 3.05) is 11.4 Å². The second kappa shape index (κ2) is 4.46. The van der Waals surface area contributed by atoms with Crippen LogP contribution in [0.4, 0.5) is 5.69 Å². The van der Waals surface area contributed by atoms with Crippen LogP contribution in [-0.4, -0.2) is 20.9 Å². The van der Waals surface area contributed by atoms with Gasteiger partial charge in [0.05, 0.1) is 16.7 Å². The van der Waals surface area contributed by atoms with E-state index in [9.17, 15) is 13.2 Å². The fourth-order valence-corrected chi connectivity index (χ4v) is 2.87. The number of rotatable bonds is 2. The number of hydrogen-bond donors (Lipinski definition) is 1. The fraction of sp³-hybridized carbons (Fsp3) is 0.154. The zero-order valence-corrected chi connectivity index (χ0v) is 11.3. The summed E-state index contributed by atoms with van der Waals surface area (Å²) in [5.74, 6) is -0.166. The van der Waals surface area contributed by atoms with Crippen molar-refractivity contribution in [3.8, 4) is 0 Å².